The van der Waals surface area contributed by atoms with Crippen LogP contribution >= 0.6 is 11.8 Å². The molecule has 1 atom stereocenters. The number of hydrogen-bond acceptors (Lipinski definition) is 4. The molecule has 2 aromatic carbocycles. The molecule has 1 aliphatic heterocycles. The Morgan fingerprint density at radius 1 is 1.19 bits per heavy atom. The summed E-state index contributed by atoms with van der Waals surface area (Å²) in [6, 6.07) is 15.4. The molecule has 0 fully saturated rings. The van der Waals surface area contributed by atoms with E-state index in [1.807, 2.05) is 54.8 Å². The third-order valence-electron chi connectivity index (χ3n) is 4.37. The van der Waals surface area contributed by atoms with Crippen molar-refractivity contribution in [2.24, 2.45) is 5.92 Å². The lowest BCUT2D eigenvalue weighted by Crippen LogP contribution is -2.42. The monoisotopic (exact) mass is 370 g/mol. The summed E-state index contributed by atoms with van der Waals surface area (Å²) in [6.45, 7) is 0.358. The second-order valence-corrected chi connectivity index (χ2v) is 7.11. The van der Waals surface area contributed by atoms with Crippen LogP contribution in [0.1, 0.15) is 5.56 Å². The summed E-state index contributed by atoms with van der Waals surface area (Å²) in [4.78, 5) is 27.5. The summed E-state index contributed by atoms with van der Waals surface area (Å²) in [5.74, 6) is 0.291. The highest BCUT2D eigenvalue weighted by Crippen LogP contribution is 2.28. The quantitative estimate of drug-likeness (QED) is 0.822. The Labute approximate surface area is 157 Å². The number of benzene rings is 2. The predicted molar refractivity (Wildman–Crippen MR) is 104 cm³/mol. The number of thioether (sulfide) groups is 1. The average Bonchev–Trinajstić information content (AvgIpc) is 2.67. The van der Waals surface area contributed by atoms with Crippen molar-refractivity contribution >= 4 is 29.3 Å². The van der Waals surface area contributed by atoms with E-state index in [9.17, 15) is 9.59 Å². The number of carbonyl (C=O) groups excluding carboxylic acids is 2. The van der Waals surface area contributed by atoms with Gasteiger partial charge in [-0.15, -0.1) is 11.8 Å². The van der Waals surface area contributed by atoms with Crippen LogP contribution in [0.4, 0.5) is 5.69 Å². The van der Waals surface area contributed by atoms with Crippen molar-refractivity contribution in [3.05, 3.63) is 54.1 Å². The number of rotatable bonds is 5. The maximum Gasteiger partial charge on any atom is 0.244 e. The van der Waals surface area contributed by atoms with Crippen molar-refractivity contribution in [2.75, 3.05) is 31.8 Å². The van der Waals surface area contributed by atoms with Gasteiger partial charge in [0.2, 0.25) is 11.8 Å². The van der Waals surface area contributed by atoms with Gasteiger partial charge in [0.15, 0.2) is 0 Å². The molecule has 1 aliphatic rings. The molecule has 1 unspecified atom stereocenters. The van der Waals surface area contributed by atoms with Gasteiger partial charge in [0.05, 0.1) is 18.2 Å². The Bertz CT molecular complexity index is 809. The number of nitrogens with zero attached hydrogens (tertiary/aromatic N) is 1. The van der Waals surface area contributed by atoms with E-state index in [-0.39, 0.29) is 24.3 Å². The number of para-hydroxylation sites is 2. The molecule has 26 heavy (non-hydrogen) atoms. The van der Waals surface area contributed by atoms with Gasteiger partial charge in [0.1, 0.15) is 12.4 Å². The SMILES string of the molecule is CSc1ccccc1NC(=O)CN(C)C(=O)C1COc2ccccc2C1. The zero-order valence-corrected chi connectivity index (χ0v) is 15.7. The van der Waals surface area contributed by atoms with Crippen LogP contribution in [-0.2, 0) is 16.0 Å². The summed E-state index contributed by atoms with van der Waals surface area (Å²) in [5.41, 5.74) is 1.80. The maximum atomic E-state index is 12.7. The van der Waals surface area contributed by atoms with Crippen LogP contribution in [0.3, 0.4) is 0 Å². The minimum absolute atomic E-state index is 0.0136. The van der Waals surface area contributed by atoms with Crippen LogP contribution in [-0.4, -0.2) is 43.2 Å². The van der Waals surface area contributed by atoms with Gasteiger partial charge in [0.25, 0.3) is 0 Å². The number of amides is 2. The minimum atomic E-state index is -0.263. The van der Waals surface area contributed by atoms with E-state index >= 15 is 0 Å². The lowest BCUT2D eigenvalue weighted by atomic mass is 9.95. The second kappa shape index (κ2) is 8.27. The number of nitrogens with one attached hydrogen (secondary N) is 1. The Morgan fingerprint density at radius 3 is 2.73 bits per heavy atom. The Balaban J connectivity index is 1.58. The molecule has 0 spiro atoms. The molecule has 0 bridgehead atoms. The number of ether oxygens (including phenoxy) is 1. The highest BCUT2D eigenvalue weighted by molar-refractivity contribution is 7.98. The minimum Gasteiger partial charge on any atom is -0.492 e. The van der Waals surface area contributed by atoms with E-state index in [0.29, 0.717) is 13.0 Å². The van der Waals surface area contributed by atoms with Crippen LogP contribution in [0.5, 0.6) is 5.75 Å². The van der Waals surface area contributed by atoms with E-state index < -0.39 is 0 Å². The Morgan fingerprint density at radius 2 is 1.92 bits per heavy atom. The molecule has 0 saturated carbocycles. The van der Waals surface area contributed by atoms with Gasteiger partial charge in [-0.1, -0.05) is 30.3 Å². The molecule has 0 aromatic heterocycles. The lowest BCUT2D eigenvalue weighted by molar-refractivity contribution is -0.138. The summed E-state index contributed by atoms with van der Waals surface area (Å²) in [5, 5.41) is 2.88. The van der Waals surface area contributed by atoms with Gasteiger partial charge in [-0.25, -0.2) is 0 Å². The first-order valence-electron chi connectivity index (χ1n) is 8.47. The van der Waals surface area contributed by atoms with Gasteiger partial charge >= 0.3 is 0 Å². The number of anilines is 1. The normalized spacial score (nSPS) is 15.5. The summed E-state index contributed by atoms with van der Waals surface area (Å²) in [6.07, 6.45) is 2.60. The summed E-state index contributed by atoms with van der Waals surface area (Å²) >= 11 is 1.57. The standard InChI is InChI=1S/C20H22N2O3S/c1-22(12-19(23)21-16-8-4-6-10-18(16)26-2)20(24)15-11-14-7-3-5-9-17(14)25-13-15/h3-10,15H,11-13H2,1-2H3,(H,21,23). The highest BCUT2D eigenvalue weighted by atomic mass is 32.2. The highest BCUT2D eigenvalue weighted by Gasteiger charge is 2.28. The molecular weight excluding hydrogens is 348 g/mol. The smallest absolute Gasteiger partial charge is 0.244 e. The van der Waals surface area contributed by atoms with Gasteiger partial charge < -0.3 is 15.0 Å². The number of hydrogen-bond donors (Lipinski definition) is 1. The van der Waals surface area contributed by atoms with Crippen LogP contribution in [0.25, 0.3) is 0 Å². The topological polar surface area (TPSA) is 58.6 Å². The van der Waals surface area contributed by atoms with E-state index in [0.717, 1.165) is 21.9 Å². The molecule has 2 aromatic rings. The number of likely N-dealkylation sites (N-methyl/N-ethyl adjacent to an activating group) is 1. The lowest BCUT2D eigenvalue weighted by Gasteiger charge is -2.28. The van der Waals surface area contributed by atoms with Gasteiger partial charge in [-0.05, 0) is 36.4 Å². The largest absolute Gasteiger partial charge is 0.492 e. The predicted octanol–water partition coefficient (Wildman–Crippen LogP) is 3.06. The zero-order valence-electron chi connectivity index (χ0n) is 14.9. The Hall–Kier alpha value is -2.47. The van der Waals surface area contributed by atoms with Gasteiger partial charge in [0, 0.05) is 11.9 Å². The van der Waals surface area contributed by atoms with E-state index in [1.54, 1.807) is 18.8 Å². The zero-order chi connectivity index (χ0) is 18.5. The van der Waals surface area contributed by atoms with Crippen molar-refractivity contribution in [3.8, 4) is 5.75 Å². The van der Waals surface area contributed by atoms with Crippen LogP contribution in [0.2, 0.25) is 0 Å². The first-order valence-corrected chi connectivity index (χ1v) is 9.69. The number of fused-ring (bicyclic) bond motifs is 1. The molecular formula is C20H22N2O3S. The first-order chi connectivity index (χ1) is 12.6. The third kappa shape index (κ3) is 4.19. The maximum absolute atomic E-state index is 12.7. The fourth-order valence-corrected chi connectivity index (χ4v) is 3.58. The molecule has 5 nitrogen and oxygen atoms in total. The first kappa shape index (κ1) is 18.3. The average molecular weight is 370 g/mol. The van der Waals surface area contributed by atoms with Crippen LogP contribution in [0, 0.1) is 5.92 Å². The van der Waals surface area contributed by atoms with E-state index in [4.69, 9.17) is 4.74 Å². The second-order valence-electron chi connectivity index (χ2n) is 6.26. The molecule has 3 rings (SSSR count). The summed E-state index contributed by atoms with van der Waals surface area (Å²) in [7, 11) is 1.66. The third-order valence-corrected chi connectivity index (χ3v) is 5.16. The van der Waals surface area contributed by atoms with Crippen LogP contribution in [0.15, 0.2) is 53.4 Å². The van der Waals surface area contributed by atoms with Crippen molar-refractivity contribution in [1.29, 1.82) is 0 Å². The van der Waals surface area contributed by atoms with Gasteiger partial charge in [-0.3, -0.25) is 9.59 Å². The number of carbonyl (C=O) groups is 2. The Kier molecular flexibility index (Phi) is 5.83. The molecule has 6 heteroatoms. The molecule has 1 heterocycles. The molecule has 2 amide bonds. The van der Waals surface area contributed by atoms with Crippen LogP contribution < -0.4 is 10.1 Å². The fraction of sp³-hybridized carbons (Fsp3) is 0.300. The molecule has 0 saturated heterocycles. The van der Waals surface area contributed by atoms with Crippen molar-refractivity contribution in [2.45, 2.75) is 11.3 Å². The van der Waals surface area contributed by atoms with Crippen molar-refractivity contribution < 1.29 is 14.3 Å². The molecule has 0 radical (unpaired) electrons. The van der Waals surface area contributed by atoms with Gasteiger partial charge in [-0.2, -0.15) is 0 Å². The van der Waals surface area contributed by atoms with Crippen molar-refractivity contribution in [3.63, 3.8) is 0 Å². The van der Waals surface area contributed by atoms with E-state index in [2.05, 4.69) is 5.32 Å². The molecule has 136 valence electrons. The molecule has 1 N–H and O–H groups in total. The fourth-order valence-electron chi connectivity index (χ4n) is 3.03. The molecule has 0 aliphatic carbocycles. The summed E-state index contributed by atoms with van der Waals surface area (Å²) < 4.78 is 5.69. The van der Waals surface area contributed by atoms with E-state index in [1.165, 1.54) is 4.90 Å². The van der Waals surface area contributed by atoms with Crippen molar-refractivity contribution in [1.82, 2.24) is 4.90 Å².